The molecule has 6 nitrogen and oxygen atoms in total. The first-order valence-electron chi connectivity index (χ1n) is 10.4. The molecule has 0 radical (unpaired) electrons. The Morgan fingerprint density at radius 3 is 2.71 bits per heavy atom. The van der Waals surface area contributed by atoms with Crippen molar-refractivity contribution in [2.24, 2.45) is 11.0 Å². The van der Waals surface area contributed by atoms with Crippen molar-refractivity contribution in [3.05, 3.63) is 92.4 Å². The molecule has 0 aromatic heterocycles. The topological polar surface area (TPSA) is 71.0 Å². The van der Waals surface area contributed by atoms with E-state index in [1.54, 1.807) is 23.1 Å². The van der Waals surface area contributed by atoms with Gasteiger partial charge < -0.3 is 9.64 Å². The number of hydrazone groups is 1. The van der Waals surface area contributed by atoms with Crippen molar-refractivity contribution < 1.29 is 14.3 Å². The fraction of sp³-hybridized carbons (Fsp3) is 0.160. The molecule has 4 rings (SSSR count). The van der Waals surface area contributed by atoms with Crippen molar-refractivity contribution in [3.63, 3.8) is 0 Å². The Bertz CT molecular complexity index is 1230. The lowest BCUT2D eigenvalue weighted by Crippen LogP contribution is -2.30. The molecule has 3 aromatic rings. The maximum absolute atomic E-state index is 12.5. The molecule has 1 aliphatic rings. The van der Waals surface area contributed by atoms with Crippen LogP contribution in [-0.4, -0.2) is 24.6 Å². The first-order valence-corrected chi connectivity index (χ1v) is 12.0. The van der Waals surface area contributed by atoms with Gasteiger partial charge in [0.1, 0.15) is 12.4 Å². The highest BCUT2D eigenvalue weighted by molar-refractivity contribution is 9.10. The minimum absolute atomic E-state index is 0.0860. The summed E-state index contributed by atoms with van der Waals surface area (Å²) in [6, 6.07) is 19.9. The number of hydrogen-bond donors (Lipinski definition) is 1. The van der Waals surface area contributed by atoms with E-state index in [0.29, 0.717) is 22.3 Å². The molecular weight excluding hydrogens is 541 g/mol. The van der Waals surface area contributed by atoms with Crippen LogP contribution in [0.3, 0.4) is 0 Å². The van der Waals surface area contributed by atoms with E-state index < -0.39 is 5.92 Å². The molecule has 9 heteroatoms. The maximum atomic E-state index is 12.5. The fourth-order valence-electron chi connectivity index (χ4n) is 3.50. The molecule has 34 heavy (non-hydrogen) atoms. The van der Waals surface area contributed by atoms with Crippen LogP contribution in [0, 0.1) is 5.92 Å². The Labute approximate surface area is 215 Å². The Kier molecular flexibility index (Phi) is 7.88. The standard InChI is InChI=1S/C25H20BrCl2N3O3/c26-19-5-8-21(9-6-19)31-14-18(11-24(31)32)25(33)30-29-13-16-2-1-3-22(10-16)34-15-17-4-7-20(27)12-23(17)28/h1-10,12-13,18H,11,14-15H2,(H,30,33)/b29-13-/t18-/m0/s1. The van der Waals surface area contributed by atoms with Crippen molar-refractivity contribution in [2.75, 3.05) is 11.4 Å². The monoisotopic (exact) mass is 559 g/mol. The van der Waals surface area contributed by atoms with Crippen LogP contribution in [0.5, 0.6) is 5.75 Å². The smallest absolute Gasteiger partial charge is 0.245 e. The Morgan fingerprint density at radius 1 is 1.15 bits per heavy atom. The van der Waals surface area contributed by atoms with Gasteiger partial charge in [-0.05, 0) is 54.1 Å². The molecule has 1 saturated heterocycles. The molecule has 0 bridgehead atoms. The summed E-state index contributed by atoms with van der Waals surface area (Å²) in [4.78, 5) is 26.5. The SMILES string of the molecule is O=C(N/N=C\c1cccc(OCc2ccc(Cl)cc2Cl)c1)[C@H]1CC(=O)N(c2ccc(Br)cc2)C1. The average Bonchev–Trinajstić information content (AvgIpc) is 3.21. The van der Waals surface area contributed by atoms with Gasteiger partial charge in [0, 0.05) is 38.7 Å². The zero-order chi connectivity index (χ0) is 24.1. The molecule has 174 valence electrons. The Hall–Kier alpha value is -2.87. The summed E-state index contributed by atoms with van der Waals surface area (Å²) in [6.45, 7) is 0.607. The van der Waals surface area contributed by atoms with Crippen LogP contribution in [0.2, 0.25) is 10.0 Å². The van der Waals surface area contributed by atoms with E-state index in [9.17, 15) is 9.59 Å². The largest absolute Gasteiger partial charge is 0.489 e. The summed E-state index contributed by atoms with van der Waals surface area (Å²) in [5.41, 5.74) is 4.87. The number of halogens is 3. The second kappa shape index (κ2) is 11.0. The van der Waals surface area contributed by atoms with Gasteiger partial charge in [-0.3, -0.25) is 9.59 Å². The molecule has 3 aromatic carbocycles. The summed E-state index contributed by atoms with van der Waals surface area (Å²) < 4.78 is 6.74. The van der Waals surface area contributed by atoms with E-state index in [2.05, 4.69) is 26.5 Å². The number of nitrogens with zero attached hydrogens (tertiary/aromatic N) is 2. The van der Waals surface area contributed by atoms with Crippen LogP contribution in [-0.2, 0) is 16.2 Å². The Morgan fingerprint density at radius 2 is 1.94 bits per heavy atom. The molecule has 1 heterocycles. The van der Waals surface area contributed by atoms with Crippen molar-refractivity contribution >= 4 is 62.8 Å². The average molecular weight is 561 g/mol. The van der Waals surface area contributed by atoms with Gasteiger partial charge in [0.15, 0.2) is 0 Å². The predicted molar refractivity (Wildman–Crippen MR) is 138 cm³/mol. The van der Waals surface area contributed by atoms with Crippen molar-refractivity contribution in [3.8, 4) is 5.75 Å². The molecule has 0 unspecified atom stereocenters. The second-order valence-corrected chi connectivity index (χ2v) is 9.47. The van der Waals surface area contributed by atoms with Gasteiger partial charge in [-0.15, -0.1) is 0 Å². The molecule has 1 atom stereocenters. The highest BCUT2D eigenvalue weighted by Gasteiger charge is 2.35. The van der Waals surface area contributed by atoms with Crippen molar-refractivity contribution in [2.45, 2.75) is 13.0 Å². The van der Waals surface area contributed by atoms with Gasteiger partial charge >= 0.3 is 0 Å². The number of carbonyl (C=O) groups excluding carboxylic acids is 2. The number of rotatable bonds is 7. The first-order chi connectivity index (χ1) is 16.4. The van der Waals surface area contributed by atoms with E-state index >= 15 is 0 Å². The predicted octanol–water partition coefficient (Wildman–Crippen LogP) is 5.84. The number of carbonyl (C=O) groups is 2. The van der Waals surface area contributed by atoms with Gasteiger partial charge in [0.2, 0.25) is 11.8 Å². The summed E-state index contributed by atoms with van der Waals surface area (Å²) in [5.74, 6) is -0.217. The number of amides is 2. The molecule has 1 fully saturated rings. The zero-order valence-electron chi connectivity index (χ0n) is 17.9. The van der Waals surface area contributed by atoms with E-state index in [4.69, 9.17) is 27.9 Å². The van der Waals surface area contributed by atoms with Crippen LogP contribution >= 0.6 is 39.1 Å². The molecule has 0 aliphatic carbocycles. The van der Waals surface area contributed by atoms with Crippen LogP contribution in [0.15, 0.2) is 76.3 Å². The molecule has 0 saturated carbocycles. The highest BCUT2D eigenvalue weighted by atomic mass is 79.9. The minimum Gasteiger partial charge on any atom is -0.489 e. The summed E-state index contributed by atoms with van der Waals surface area (Å²) in [6.07, 6.45) is 1.68. The van der Waals surface area contributed by atoms with E-state index in [1.165, 1.54) is 6.21 Å². The van der Waals surface area contributed by atoms with Gasteiger partial charge in [0.25, 0.3) is 0 Å². The molecule has 1 aliphatic heterocycles. The van der Waals surface area contributed by atoms with E-state index in [1.807, 2.05) is 48.5 Å². The third kappa shape index (κ3) is 6.17. The van der Waals surface area contributed by atoms with Crippen LogP contribution in [0.25, 0.3) is 0 Å². The normalized spacial score (nSPS) is 15.7. The second-order valence-electron chi connectivity index (χ2n) is 7.71. The van der Waals surface area contributed by atoms with Gasteiger partial charge in [-0.1, -0.05) is 57.3 Å². The minimum atomic E-state index is -0.466. The summed E-state index contributed by atoms with van der Waals surface area (Å²) >= 11 is 15.5. The number of anilines is 1. The first kappa shape index (κ1) is 24.3. The lowest BCUT2D eigenvalue weighted by Gasteiger charge is -2.16. The van der Waals surface area contributed by atoms with Gasteiger partial charge in [-0.2, -0.15) is 5.10 Å². The van der Waals surface area contributed by atoms with E-state index in [-0.39, 0.29) is 24.8 Å². The van der Waals surface area contributed by atoms with Crippen LogP contribution < -0.4 is 15.1 Å². The quantitative estimate of drug-likeness (QED) is 0.291. The van der Waals surface area contributed by atoms with E-state index in [0.717, 1.165) is 21.3 Å². The molecular formula is C25H20BrCl2N3O3. The van der Waals surface area contributed by atoms with Crippen LogP contribution in [0.4, 0.5) is 5.69 Å². The van der Waals surface area contributed by atoms with Gasteiger partial charge in [0.05, 0.1) is 12.1 Å². The summed E-state index contributed by atoms with van der Waals surface area (Å²) in [5, 5.41) is 5.16. The number of hydrogen-bond acceptors (Lipinski definition) is 4. The summed E-state index contributed by atoms with van der Waals surface area (Å²) in [7, 11) is 0. The van der Waals surface area contributed by atoms with Gasteiger partial charge in [-0.25, -0.2) is 5.43 Å². The number of ether oxygens (including phenoxy) is 1. The molecule has 1 N–H and O–H groups in total. The highest BCUT2D eigenvalue weighted by Crippen LogP contribution is 2.27. The lowest BCUT2D eigenvalue weighted by atomic mass is 10.1. The number of nitrogens with one attached hydrogen (secondary N) is 1. The van der Waals surface area contributed by atoms with Crippen molar-refractivity contribution in [1.82, 2.24) is 5.43 Å². The maximum Gasteiger partial charge on any atom is 0.245 e. The fourth-order valence-corrected chi connectivity index (χ4v) is 4.23. The van der Waals surface area contributed by atoms with Crippen LogP contribution in [0.1, 0.15) is 17.5 Å². The Balaban J connectivity index is 1.31. The molecule has 2 amide bonds. The zero-order valence-corrected chi connectivity index (χ0v) is 21.0. The lowest BCUT2D eigenvalue weighted by molar-refractivity contribution is -0.126. The van der Waals surface area contributed by atoms with Crippen molar-refractivity contribution in [1.29, 1.82) is 0 Å². The third-order valence-corrected chi connectivity index (χ3v) is 6.41. The number of benzene rings is 3. The third-order valence-electron chi connectivity index (χ3n) is 5.29. The molecule has 0 spiro atoms.